The number of aliphatic hydroxyl groups excluding tert-OH is 1. The molecule has 0 fully saturated rings. The number of aliphatic hydroxyl groups is 1. The number of benzene rings is 8. The first-order valence-electron chi connectivity index (χ1n) is 13.6. The topological polar surface area (TPSA) is 20.2 Å². The van der Waals surface area contributed by atoms with E-state index in [9.17, 15) is 5.11 Å². The van der Waals surface area contributed by atoms with Crippen molar-refractivity contribution in [1.82, 2.24) is 0 Å². The van der Waals surface area contributed by atoms with E-state index >= 15 is 0 Å². The van der Waals surface area contributed by atoms with Gasteiger partial charge < -0.3 is 5.11 Å². The zero-order valence-electron chi connectivity index (χ0n) is 21.3. The SMILES string of the molecule is OC1c2cc3cc4cc5ccccc5cc4cc3cc2Cc2cc3cc4cc5ccccc5cc4cc3cc21. The van der Waals surface area contributed by atoms with Crippen LogP contribution in [0.1, 0.15) is 28.4 Å². The summed E-state index contributed by atoms with van der Waals surface area (Å²) in [4.78, 5) is 0. The van der Waals surface area contributed by atoms with Gasteiger partial charge in [-0.2, -0.15) is 0 Å². The summed E-state index contributed by atoms with van der Waals surface area (Å²) >= 11 is 0. The standard InChI is InChI=1S/C38H24O/c39-38-36-20-32-15-28-11-24-7-3-1-5-22(24)9-26(28)13-30(32)17-34(36)19-35-18-31-14-27-10-23-6-2-4-8-25(23)12-29(27)16-33(31)21-37(35)38/h1-18,20-21,38-39H,19H2. The fraction of sp³-hybridized carbons (Fsp3) is 0.0526. The second kappa shape index (κ2) is 7.66. The Balaban J connectivity index is 1.21. The molecule has 39 heavy (non-hydrogen) atoms. The number of hydrogen-bond donors (Lipinski definition) is 1. The highest BCUT2D eigenvalue weighted by Gasteiger charge is 2.25. The van der Waals surface area contributed by atoms with E-state index in [0.29, 0.717) is 0 Å². The molecule has 1 N–H and O–H groups in total. The van der Waals surface area contributed by atoms with E-state index in [0.717, 1.165) is 17.5 Å². The molecule has 1 aliphatic carbocycles. The predicted molar refractivity (Wildman–Crippen MR) is 165 cm³/mol. The Morgan fingerprint density at radius 1 is 0.359 bits per heavy atom. The van der Waals surface area contributed by atoms with Crippen LogP contribution in [0.5, 0.6) is 0 Å². The third-order valence-electron chi connectivity index (χ3n) is 8.81. The van der Waals surface area contributed by atoms with Gasteiger partial charge in [0, 0.05) is 0 Å². The van der Waals surface area contributed by atoms with Gasteiger partial charge in [-0.1, -0.05) is 60.7 Å². The first-order chi connectivity index (χ1) is 19.2. The van der Waals surface area contributed by atoms with E-state index in [4.69, 9.17) is 0 Å². The molecular weight excluding hydrogens is 472 g/mol. The van der Waals surface area contributed by atoms with Crippen LogP contribution in [-0.4, -0.2) is 5.11 Å². The Labute approximate surface area is 225 Å². The molecule has 9 rings (SSSR count). The van der Waals surface area contributed by atoms with Crippen molar-refractivity contribution >= 4 is 64.6 Å². The van der Waals surface area contributed by atoms with Gasteiger partial charge in [-0.25, -0.2) is 0 Å². The smallest absolute Gasteiger partial charge is 0.105 e. The average Bonchev–Trinajstić information content (AvgIpc) is 2.95. The third kappa shape index (κ3) is 3.17. The van der Waals surface area contributed by atoms with E-state index in [1.807, 2.05) is 0 Å². The molecular formula is C38H24O. The summed E-state index contributed by atoms with van der Waals surface area (Å²) in [6.07, 6.45) is 0.205. The lowest BCUT2D eigenvalue weighted by molar-refractivity contribution is 0.216. The van der Waals surface area contributed by atoms with Crippen LogP contribution in [0.25, 0.3) is 64.6 Å². The van der Waals surface area contributed by atoms with Gasteiger partial charge in [-0.15, -0.1) is 0 Å². The zero-order chi connectivity index (χ0) is 25.7. The molecule has 8 aromatic rings. The second-order valence-corrected chi connectivity index (χ2v) is 11.2. The molecule has 0 aromatic heterocycles. The van der Waals surface area contributed by atoms with Gasteiger partial charge in [0.05, 0.1) is 0 Å². The molecule has 0 aliphatic heterocycles. The molecule has 0 atom stereocenters. The molecule has 1 heteroatoms. The fourth-order valence-electron chi connectivity index (χ4n) is 6.81. The summed E-state index contributed by atoms with van der Waals surface area (Å²) in [7, 11) is 0. The highest BCUT2D eigenvalue weighted by Crippen LogP contribution is 2.40. The Morgan fingerprint density at radius 3 is 1.00 bits per heavy atom. The van der Waals surface area contributed by atoms with Crippen molar-refractivity contribution < 1.29 is 5.11 Å². The largest absolute Gasteiger partial charge is 0.384 e. The van der Waals surface area contributed by atoms with E-state index < -0.39 is 6.10 Å². The Bertz CT molecular complexity index is 2160. The molecule has 0 spiro atoms. The molecule has 0 saturated heterocycles. The lowest BCUT2D eigenvalue weighted by atomic mass is 9.81. The summed E-state index contributed by atoms with van der Waals surface area (Å²) in [6.45, 7) is 0. The Hall–Kier alpha value is -4.72. The normalized spacial score (nSPS) is 13.6. The van der Waals surface area contributed by atoms with Crippen molar-refractivity contribution in [3.05, 3.63) is 144 Å². The first kappa shape index (κ1) is 21.2. The van der Waals surface area contributed by atoms with Gasteiger partial charge in [-0.05, 0) is 154 Å². The zero-order valence-corrected chi connectivity index (χ0v) is 21.3. The summed E-state index contributed by atoms with van der Waals surface area (Å²) in [5, 5.41) is 26.5. The lowest BCUT2D eigenvalue weighted by Gasteiger charge is -2.26. The van der Waals surface area contributed by atoms with Crippen LogP contribution >= 0.6 is 0 Å². The van der Waals surface area contributed by atoms with Gasteiger partial charge in [0.25, 0.3) is 0 Å². The van der Waals surface area contributed by atoms with Gasteiger partial charge in [0.2, 0.25) is 0 Å². The van der Waals surface area contributed by atoms with Crippen LogP contribution in [0.15, 0.2) is 121 Å². The maximum absolute atomic E-state index is 11.6. The lowest BCUT2D eigenvalue weighted by Crippen LogP contribution is -2.13. The minimum absolute atomic E-state index is 0.628. The summed E-state index contributed by atoms with van der Waals surface area (Å²) < 4.78 is 0. The molecule has 1 aliphatic rings. The van der Waals surface area contributed by atoms with Crippen LogP contribution in [0.3, 0.4) is 0 Å². The number of hydrogen-bond acceptors (Lipinski definition) is 1. The van der Waals surface area contributed by atoms with Gasteiger partial charge >= 0.3 is 0 Å². The third-order valence-corrected chi connectivity index (χ3v) is 8.81. The maximum Gasteiger partial charge on any atom is 0.105 e. The van der Waals surface area contributed by atoms with Crippen LogP contribution in [0, 0.1) is 0 Å². The predicted octanol–water partition coefficient (Wildman–Crippen LogP) is 9.59. The van der Waals surface area contributed by atoms with Crippen molar-refractivity contribution in [2.45, 2.75) is 12.5 Å². The highest BCUT2D eigenvalue weighted by atomic mass is 16.3. The minimum atomic E-state index is -0.628. The number of fused-ring (bicyclic) bond motifs is 8. The fourth-order valence-corrected chi connectivity index (χ4v) is 6.81. The van der Waals surface area contributed by atoms with Crippen molar-refractivity contribution in [1.29, 1.82) is 0 Å². The first-order valence-corrected chi connectivity index (χ1v) is 13.6. The van der Waals surface area contributed by atoms with Crippen LogP contribution < -0.4 is 0 Å². The summed E-state index contributed by atoms with van der Waals surface area (Å²) in [5.41, 5.74) is 4.49. The number of rotatable bonds is 0. The van der Waals surface area contributed by atoms with Crippen molar-refractivity contribution in [3.8, 4) is 0 Å². The summed E-state index contributed by atoms with van der Waals surface area (Å²) in [6, 6.07) is 44.3. The average molecular weight is 497 g/mol. The van der Waals surface area contributed by atoms with Crippen LogP contribution in [-0.2, 0) is 6.42 Å². The van der Waals surface area contributed by atoms with Gasteiger partial charge in [0.1, 0.15) is 6.10 Å². The van der Waals surface area contributed by atoms with Crippen molar-refractivity contribution in [2.75, 3.05) is 0 Å². The Kier molecular flexibility index (Phi) is 4.17. The molecule has 0 amide bonds. The molecule has 1 nitrogen and oxygen atoms in total. The van der Waals surface area contributed by atoms with Crippen molar-refractivity contribution in [3.63, 3.8) is 0 Å². The minimum Gasteiger partial charge on any atom is -0.384 e. The molecule has 0 unspecified atom stereocenters. The van der Waals surface area contributed by atoms with Crippen LogP contribution in [0.2, 0.25) is 0 Å². The molecule has 0 bridgehead atoms. The van der Waals surface area contributed by atoms with E-state index in [-0.39, 0.29) is 0 Å². The maximum atomic E-state index is 11.6. The van der Waals surface area contributed by atoms with E-state index in [2.05, 4.69) is 121 Å². The van der Waals surface area contributed by atoms with E-state index in [1.165, 1.54) is 75.8 Å². The van der Waals surface area contributed by atoms with E-state index in [1.54, 1.807) is 0 Å². The monoisotopic (exact) mass is 496 g/mol. The van der Waals surface area contributed by atoms with Crippen molar-refractivity contribution in [2.24, 2.45) is 0 Å². The van der Waals surface area contributed by atoms with Gasteiger partial charge in [-0.3, -0.25) is 0 Å². The quantitative estimate of drug-likeness (QED) is 0.207. The molecule has 0 radical (unpaired) electrons. The second-order valence-electron chi connectivity index (χ2n) is 11.2. The molecule has 0 heterocycles. The summed E-state index contributed by atoms with van der Waals surface area (Å²) in [5.74, 6) is 0. The van der Waals surface area contributed by atoms with Crippen LogP contribution in [0.4, 0.5) is 0 Å². The molecule has 8 aromatic carbocycles. The highest BCUT2D eigenvalue weighted by molar-refractivity contribution is 6.06. The Morgan fingerprint density at radius 2 is 0.641 bits per heavy atom. The van der Waals surface area contributed by atoms with Gasteiger partial charge in [0.15, 0.2) is 0 Å². The molecule has 0 saturated carbocycles. The molecule has 182 valence electrons.